The lowest BCUT2D eigenvalue weighted by Gasteiger charge is -2.19. The van der Waals surface area contributed by atoms with Gasteiger partial charge in [0.15, 0.2) is 11.5 Å². The second-order valence-corrected chi connectivity index (χ2v) is 6.06. The van der Waals surface area contributed by atoms with E-state index in [9.17, 15) is 4.79 Å². The minimum absolute atomic E-state index is 0.0593. The van der Waals surface area contributed by atoms with Crippen LogP contribution in [0.5, 0.6) is 11.5 Å². The second kappa shape index (κ2) is 7.39. The molecule has 1 aliphatic heterocycles. The largest absolute Gasteiger partial charge is 0.490 e. The molecule has 4 nitrogen and oxygen atoms in total. The van der Waals surface area contributed by atoms with Crippen molar-refractivity contribution in [2.24, 2.45) is 0 Å². The highest BCUT2D eigenvalue weighted by atomic mass is 16.5. The number of rotatable bonds is 4. The molecule has 1 N–H and O–H groups in total. The van der Waals surface area contributed by atoms with Crippen molar-refractivity contribution < 1.29 is 14.3 Å². The molecule has 0 aromatic heterocycles. The standard InChI is InChI=1S/C20H23NO3/c1-3-17(21-20(22)15-7-5-14(2)6-8-15)16-9-10-18-19(13-16)24-12-4-11-23-18/h5-10,13,17H,3-4,11-12H2,1-2H3,(H,21,22)/t17-/m1/s1. The molecule has 0 bridgehead atoms. The van der Waals surface area contributed by atoms with Gasteiger partial charge in [-0.25, -0.2) is 0 Å². The third kappa shape index (κ3) is 3.70. The van der Waals surface area contributed by atoms with Crippen LogP contribution in [0.1, 0.15) is 47.3 Å². The van der Waals surface area contributed by atoms with Crippen LogP contribution in [0.4, 0.5) is 0 Å². The predicted molar refractivity (Wildman–Crippen MR) is 93.7 cm³/mol. The molecule has 126 valence electrons. The van der Waals surface area contributed by atoms with Gasteiger partial charge in [0.1, 0.15) is 0 Å². The summed E-state index contributed by atoms with van der Waals surface area (Å²) in [5.74, 6) is 1.47. The van der Waals surface area contributed by atoms with Gasteiger partial charge in [0.25, 0.3) is 5.91 Å². The average Bonchev–Trinajstić information content (AvgIpc) is 2.84. The SMILES string of the molecule is CC[C@@H](NC(=O)c1ccc(C)cc1)c1ccc2c(c1)OCCCO2. The van der Waals surface area contributed by atoms with E-state index < -0.39 is 0 Å². The van der Waals surface area contributed by atoms with Crippen molar-refractivity contribution in [1.29, 1.82) is 0 Å². The van der Waals surface area contributed by atoms with Gasteiger partial charge >= 0.3 is 0 Å². The summed E-state index contributed by atoms with van der Waals surface area (Å²) in [7, 11) is 0. The van der Waals surface area contributed by atoms with E-state index in [4.69, 9.17) is 9.47 Å². The predicted octanol–water partition coefficient (Wildman–Crippen LogP) is 4.04. The molecule has 0 saturated carbocycles. The topological polar surface area (TPSA) is 47.6 Å². The Labute approximate surface area is 142 Å². The van der Waals surface area contributed by atoms with Gasteiger partial charge < -0.3 is 14.8 Å². The highest BCUT2D eigenvalue weighted by molar-refractivity contribution is 5.94. The zero-order chi connectivity index (χ0) is 16.9. The maximum absolute atomic E-state index is 12.5. The number of hydrogen-bond acceptors (Lipinski definition) is 3. The molecule has 0 fully saturated rings. The number of benzene rings is 2. The molecule has 2 aromatic carbocycles. The quantitative estimate of drug-likeness (QED) is 0.923. The van der Waals surface area contributed by atoms with Crippen molar-refractivity contribution in [1.82, 2.24) is 5.32 Å². The van der Waals surface area contributed by atoms with E-state index in [0.29, 0.717) is 18.8 Å². The Morgan fingerprint density at radius 1 is 1.08 bits per heavy atom. The van der Waals surface area contributed by atoms with Crippen molar-refractivity contribution in [3.05, 3.63) is 59.2 Å². The van der Waals surface area contributed by atoms with Crippen molar-refractivity contribution in [3.63, 3.8) is 0 Å². The summed E-state index contributed by atoms with van der Waals surface area (Å²) in [5.41, 5.74) is 2.84. The number of nitrogens with one attached hydrogen (secondary N) is 1. The van der Waals surface area contributed by atoms with E-state index in [-0.39, 0.29) is 11.9 Å². The molecule has 1 amide bonds. The number of ether oxygens (including phenoxy) is 2. The van der Waals surface area contributed by atoms with E-state index in [1.54, 1.807) is 0 Å². The van der Waals surface area contributed by atoms with Crippen LogP contribution >= 0.6 is 0 Å². The number of carbonyl (C=O) groups is 1. The molecule has 0 saturated heterocycles. The third-order valence-corrected chi connectivity index (χ3v) is 4.20. The summed E-state index contributed by atoms with van der Waals surface area (Å²) >= 11 is 0. The van der Waals surface area contributed by atoms with Crippen molar-refractivity contribution in [2.45, 2.75) is 32.7 Å². The lowest BCUT2D eigenvalue weighted by Crippen LogP contribution is -2.28. The van der Waals surface area contributed by atoms with E-state index in [1.807, 2.05) is 49.4 Å². The molecule has 0 aliphatic carbocycles. The molecule has 0 radical (unpaired) electrons. The summed E-state index contributed by atoms with van der Waals surface area (Å²) in [6.45, 7) is 5.40. The third-order valence-electron chi connectivity index (χ3n) is 4.20. The zero-order valence-electron chi connectivity index (χ0n) is 14.2. The van der Waals surface area contributed by atoms with Crippen LogP contribution in [0.15, 0.2) is 42.5 Å². The first-order valence-electron chi connectivity index (χ1n) is 8.44. The van der Waals surface area contributed by atoms with Crippen molar-refractivity contribution >= 4 is 5.91 Å². The Hall–Kier alpha value is -2.49. The van der Waals surface area contributed by atoms with E-state index in [2.05, 4.69) is 12.2 Å². The smallest absolute Gasteiger partial charge is 0.251 e. The number of fused-ring (bicyclic) bond motifs is 1. The van der Waals surface area contributed by atoms with Crippen LogP contribution in [-0.2, 0) is 0 Å². The zero-order valence-corrected chi connectivity index (χ0v) is 14.2. The van der Waals surface area contributed by atoms with Gasteiger partial charge in [-0.05, 0) is 43.2 Å². The Morgan fingerprint density at radius 3 is 2.50 bits per heavy atom. The fraction of sp³-hybridized carbons (Fsp3) is 0.350. The molecule has 2 aromatic rings. The van der Waals surface area contributed by atoms with Gasteiger partial charge in [-0.3, -0.25) is 4.79 Å². The Morgan fingerprint density at radius 2 is 1.79 bits per heavy atom. The summed E-state index contributed by atoms with van der Waals surface area (Å²) in [6.07, 6.45) is 1.68. The number of carbonyl (C=O) groups excluding carboxylic acids is 1. The maximum atomic E-state index is 12.5. The molecule has 1 aliphatic rings. The fourth-order valence-corrected chi connectivity index (χ4v) is 2.76. The van der Waals surface area contributed by atoms with Crippen LogP contribution in [-0.4, -0.2) is 19.1 Å². The van der Waals surface area contributed by atoms with Gasteiger partial charge in [-0.1, -0.05) is 30.7 Å². The summed E-state index contributed by atoms with van der Waals surface area (Å²) < 4.78 is 11.4. The molecule has 0 unspecified atom stereocenters. The molecular weight excluding hydrogens is 302 g/mol. The minimum atomic E-state index is -0.0611. The second-order valence-electron chi connectivity index (χ2n) is 6.06. The summed E-state index contributed by atoms with van der Waals surface area (Å²) in [6, 6.07) is 13.4. The highest BCUT2D eigenvalue weighted by Crippen LogP contribution is 2.33. The number of aryl methyl sites for hydroxylation is 1. The Bertz CT molecular complexity index is 709. The Balaban J connectivity index is 1.77. The molecule has 24 heavy (non-hydrogen) atoms. The van der Waals surface area contributed by atoms with Crippen molar-refractivity contribution in [2.75, 3.05) is 13.2 Å². The number of amides is 1. The molecule has 0 spiro atoms. The maximum Gasteiger partial charge on any atom is 0.251 e. The van der Waals surface area contributed by atoms with Crippen molar-refractivity contribution in [3.8, 4) is 11.5 Å². The van der Waals surface area contributed by atoms with E-state index >= 15 is 0 Å². The molecule has 1 heterocycles. The highest BCUT2D eigenvalue weighted by Gasteiger charge is 2.17. The van der Waals surface area contributed by atoms with Gasteiger partial charge in [-0.15, -0.1) is 0 Å². The van der Waals surface area contributed by atoms with Gasteiger partial charge in [0, 0.05) is 12.0 Å². The summed E-state index contributed by atoms with van der Waals surface area (Å²) in [5, 5.41) is 3.11. The van der Waals surface area contributed by atoms with Crippen LogP contribution in [0, 0.1) is 6.92 Å². The summed E-state index contributed by atoms with van der Waals surface area (Å²) in [4.78, 5) is 12.5. The fourth-order valence-electron chi connectivity index (χ4n) is 2.76. The molecule has 4 heteroatoms. The lowest BCUT2D eigenvalue weighted by atomic mass is 10.0. The normalized spacial score (nSPS) is 14.6. The van der Waals surface area contributed by atoms with Gasteiger partial charge in [-0.2, -0.15) is 0 Å². The van der Waals surface area contributed by atoms with Crippen LogP contribution in [0.2, 0.25) is 0 Å². The van der Waals surface area contributed by atoms with Crippen LogP contribution < -0.4 is 14.8 Å². The van der Waals surface area contributed by atoms with Gasteiger partial charge in [0.2, 0.25) is 0 Å². The van der Waals surface area contributed by atoms with Crippen LogP contribution in [0.3, 0.4) is 0 Å². The van der Waals surface area contributed by atoms with Crippen LogP contribution in [0.25, 0.3) is 0 Å². The van der Waals surface area contributed by atoms with E-state index in [0.717, 1.165) is 35.5 Å². The molecular formula is C20H23NO3. The Kier molecular flexibility index (Phi) is 5.04. The first-order chi connectivity index (χ1) is 11.7. The first kappa shape index (κ1) is 16.4. The average molecular weight is 325 g/mol. The molecule has 1 atom stereocenters. The first-order valence-corrected chi connectivity index (χ1v) is 8.44. The minimum Gasteiger partial charge on any atom is -0.490 e. The molecule has 3 rings (SSSR count). The van der Waals surface area contributed by atoms with E-state index in [1.165, 1.54) is 0 Å². The van der Waals surface area contributed by atoms with Gasteiger partial charge in [0.05, 0.1) is 19.3 Å². The number of hydrogen-bond donors (Lipinski definition) is 1. The monoisotopic (exact) mass is 325 g/mol. The lowest BCUT2D eigenvalue weighted by molar-refractivity contribution is 0.0935.